The lowest BCUT2D eigenvalue weighted by Crippen LogP contribution is -1.87. The number of aliphatic hydroxyl groups excluding tert-OH is 1. The fourth-order valence-electron chi connectivity index (χ4n) is 3.61. The van der Waals surface area contributed by atoms with Crippen LogP contribution in [0.25, 0.3) is 0 Å². The van der Waals surface area contributed by atoms with Gasteiger partial charge in [-0.05, 0) is 6.42 Å². The molecule has 0 rings (SSSR count). The van der Waals surface area contributed by atoms with Gasteiger partial charge in [-0.25, -0.2) is 0 Å². The zero-order valence-electron chi connectivity index (χ0n) is 18.0. The zero-order valence-corrected chi connectivity index (χ0v) is 18.0. The Balaban J connectivity index is 2.98. The van der Waals surface area contributed by atoms with Crippen molar-refractivity contribution in [1.82, 2.24) is 0 Å². The molecule has 0 aromatic carbocycles. The summed E-state index contributed by atoms with van der Waals surface area (Å²) in [7, 11) is 0. The highest BCUT2D eigenvalue weighted by Crippen LogP contribution is 2.14. The van der Waals surface area contributed by atoms with Crippen LogP contribution in [-0.2, 0) is 0 Å². The molecule has 0 aromatic heterocycles. The van der Waals surface area contributed by atoms with Crippen molar-refractivity contribution in [3.05, 3.63) is 0 Å². The number of hydrogen-bond donors (Lipinski definition) is 1. The van der Waals surface area contributed by atoms with Crippen molar-refractivity contribution < 1.29 is 5.11 Å². The van der Waals surface area contributed by atoms with Crippen molar-refractivity contribution >= 4 is 6.21 Å². The van der Waals surface area contributed by atoms with Crippen LogP contribution in [0.15, 0.2) is 4.99 Å². The third kappa shape index (κ3) is 23.6. The van der Waals surface area contributed by atoms with Gasteiger partial charge >= 0.3 is 0 Å². The molecule has 1 N–H and O–H groups in total. The van der Waals surface area contributed by atoms with Gasteiger partial charge in [-0.15, -0.1) is 0 Å². The summed E-state index contributed by atoms with van der Waals surface area (Å²) in [6.07, 6.45) is 30.0. The van der Waals surface area contributed by atoms with Gasteiger partial charge in [0.15, 0.2) is 0 Å². The van der Waals surface area contributed by atoms with Crippen molar-refractivity contribution in [3.8, 4) is 0 Å². The Kier molecular flexibility index (Phi) is 24.3. The number of unbranched alkanes of at least 4 members (excludes halogenated alkanes) is 19. The summed E-state index contributed by atoms with van der Waals surface area (Å²) in [6.45, 7) is 3.26. The average molecular weight is 368 g/mol. The van der Waals surface area contributed by atoms with Crippen LogP contribution in [0.5, 0.6) is 0 Å². The Morgan fingerprint density at radius 3 is 1.12 bits per heavy atom. The third-order valence-corrected chi connectivity index (χ3v) is 5.35. The standard InChI is InChI=1S/C24H49NO/c1-2-3-4-5-6-7-8-9-10-11-12-13-14-15-16-17-18-19-20-21-22-25-23-24-26/h23,26H,2-22,24H2,1H3. The van der Waals surface area contributed by atoms with Crippen LogP contribution in [0.4, 0.5) is 0 Å². The minimum absolute atomic E-state index is 0.0825. The van der Waals surface area contributed by atoms with E-state index in [2.05, 4.69) is 11.9 Å². The Morgan fingerprint density at radius 2 is 0.808 bits per heavy atom. The van der Waals surface area contributed by atoms with Gasteiger partial charge in [0.1, 0.15) is 0 Å². The van der Waals surface area contributed by atoms with Crippen molar-refractivity contribution in [2.75, 3.05) is 13.2 Å². The van der Waals surface area contributed by atoms with E-state index in [0.29, 0.717) is 0 Å². The van der Waals surface area contributed by atoms with Gasteiger partial charge < -0.3 is 5.11 Å². The highest BCUT2D eigenvalue weighted by atomic mass is 16.2. The molecule has 0 bridgehead atoms. The van der Waals surface area contributed by atoms with E-state index in [9.17, 15) is 0 Å². The molecule has 2 heteroatoms. The lowest BCUT2D eigenvalue weighted by Gasteiger charge is -2.04. The first-order valence-electron chi connectivity index (χ1n) is 12.0. The first-order valence-corrected chi connectivity index (χ1v) is 12.0. The van der Waals surface area contributed by atoms with Crippen LogP contribution >= 0.6 is 0 Å². The fraction of sp³-hybridized carbons (Fsp3) is 0.958. The topological polar surface area (TPSA) is 32.6 Å². The molecule has 0 amide bonds. The molecule has 0 spiro atoms. The van der Waals surface area contributed by atoms with Gasteiger partial charge in [0.05, 0.1) is 6.61 Å². The Hall–Kier alpha value is -0.370. The Morgan fingerprint density at radius 1 is 0.500 bits per heavy atom. The first kappa shape index (κ1) is 25.6. The minimum Gasteiger partial charge on any atom is -0.391 e. The maximum atomic E-state index is 8.58. The summed E-state index contributed by atoms with van der Waals surface area (Å²) in [5.74, 6) is 0. The normalized spacial score (nSPS) is 11.6. The number of hydrogen-bond acceptors (Lipinski definition) is 2. The molecule has 0 aromatic rings. The predicted molar refractivity (Wildman–Crippen MR) is 118 cm³/mol. The minimum atomic E-state index is 0.0825. The van der Waals surface area contributed by atoms with Gasteiger partial charge in [0.2, 0.25) is 0 Å². The number of aliphatic imine (C=N–C) groups is 1. The van der Waals surface area contributed by atoms with Gasteiger partial charge in [0, 0.05) is 12.8 Å². The smallest absolute Gasteiger partial charge is 0.0779 e. The summed E-state index contributed by atoms with van der Waals surface area (Å²) in [5.41, 5.74) is 0. The number of nitrogens with zero attached hydrogens (tertiary/aromatic N) is 1. The van der Waals surface area contributed by atoms with Crippen LogP contribution < -0.4 is 0 Å². The highest BCUT2D eigenvalue weighted by Gasteiger charge is 1.95. The molecule has 0 aliphatic rings. The molecule has 0 saturated heterocycles. The van der Waals surface area contributed by atoms with Crippen molar-refractivity contribution in [2.24, 2.45) is 4.99 Å². The lowest BCUT2D eigenvalue weighted by atomic mass is 10.0. The van der Waals surface area contributed by atoms with E-state index in [4.69, 9.17) is 5.11 Å². The van der Waals surface area contributed by atoms with Gasteiger partial charge in [0.25, 0.3) is 0 Å². The largest absolute Gasteiger partial charge is 0.391 e. The monoisotopic (exact) mass is 367 g/mol. The maximum Gasteiger partial charge on any atom is 0.0779 e. The van der Waals surface area contributed by atoms with Gasteiger partial charge in [-0.1, -0.05) is 129 Å². The van der Waals surface area contributed by atoms with E-state index >= 15 is 0 Å². The molecule has 0 saturated carbocycles. The van der Waals surface area contributed by atoms with E-state index in [-0.39, 0.29) is 6.61 Å². The van der Waals surface area contributed by atoms with E-state index in [1.807, 2.05) is 0 Å². The molecule has 0 heterocycles. The maximum absolute atomic E-state index is 8.58. The van der Waals surface area contributed by atoms with Crippen LogP contribution in [0.1, 0.15) is 135 Å². The third-order valence-electron chi connectivity index (χ3n) is 5.35. The van der Waals surface area contributed by atoms with Crippen LogP contribution in [0.3, 0.4) is 0 Å². The first-order chi connectivity index (χ1) is 12.9. The van der Waals surface area contributed by atoms with Crippen molar-refractivity contribution in [3.63, 3.8) is 0 Å². The van der Waals surface area contributed by atoms with Crippen LogP contribution in [0, 0.1) is 0 Å². The molecule has 2 nitrogen and oxygen atoms in total. The SMILES string of the molecule is CCCCCCCCCCCCCCCCCCCCCCN=CCO. The van der Waals surface area contributed by atoms with E-state index in [1.54, 1.807) is 6.21 Å². The Bertz CT molecular complexity index is 265. The van der Waals surface area contributed by atoms with E-state index in [1.165, 1.54) is 128 Å². The second-order valence-corrected chi connectivity index (χ2v) is 7.99. The molecule has 0 fully saturated rings. The zero-order chi connectivity index (χ0) is 19.0. The van der Waals surface area contributed by atoms with Gasteiger partial charge in [-0.2, -0.15) is 0 Å². The Labute approximate surface area is 165 Å². The number of aliphatic hydroxyl groups is 1. The summed E-state index contributed by atoms with van der Waals surface area (Å²) in [4.78, 5) is 4.13. The lowest BCUT2D eigenvalue weighted by molar-refractivity contribution is 0.361. The molecular formula is C24H49NO. The fourth-order valence-corrected chi connectivity index (χ4v) is 3.61. The van der Waals surface area contributed by atoms with E-state index < -0.39 is 0 Å². The summed E-state index contributed by atoms with van der Waals surface area (Å²) in [6, 6.07) is 0. The van der Waals surface area contributed by atoms with Crippen molar-refractivity contribution in [2.45, 2.75) is 135 Å². The summed E-state index contributed by atoms with van der Waals surface area (Å²) in [5, 5.41) is 8.58. The van der Waals surface area contributed by atoms with Gasteiger partial charge in [-0.3, -0.25) is 4.99 Å². The second-order valence-electron chi connectivity index (χ2n) is 7.99. The molecule has 156 valence electrons. The summed E-state index contributed by atoms with van der Waals surface area (Å²) >= 11 is 0. The van der Waals surface area contributed by atoms with Crippen molar-refractivity contribution in [1.29, 1.82) is 0 Å². The van der Waals surface area contributed by atoms with Crippen LogP contribution in [0.2, 0.25) is 0 Å². The average Bonchev–Trinajstić information content (AvgIpc) is 2.66. The highest BCUT2D eigenvalue weighted by molar-refractivity contribution is 5.57. The molecule has 0 aliphatic heterocycles. The predicted octanol–water partition coefficient (Wildman–Crippen LogP) is 7.87. The molecular weight excluding hydrogens is 318 g/mol. The van der Waals surface area contributed by atoms with Crippen LogP contribution in [-0.4, -0.2) is 24.5 Å². The molecule has 0 aliphatic carbocycles. The number of rotatable bonds is 22. The summed E-state index contributed by atoms with van der Waals surface area (Å²) < 4.78 is 0. The molecule has 26 heavy (non-hydrogen) atoms. The molecule has 0 unspecified atom stereocenters. The quantitative estimate of drug-likeness (QED) is 0.153. The molecule has 0 atom stereocenters. The van der Waals surface area contributed by atoms with E-state index in [0.717, 1.165) is 6.54 Å². The molecule has 0 radical (unpaired) electrons. The second kappa shape index (κ2) is 24.6.